The van der Waals surface area contributed by atoms with Gasteiger partial charge in [0, 0.05) is 12.4 Å². The molecule has 1 amide bonds. The van der Waals surface area contributed by atoms with Crippen molar-refractivity contribution in [2.45, 2.75) is 6.18 Å². The first-order valence-electron chi connectivity index (χ1n) is 5.33. The molecule has 20 heavy (non-hydrogen) atoms. The fourth-order valence-electron chi connectivity index (χ4n) is 1.41. The number of carbonyl (C=O) groups excluding carboxylic acids is 1. The summed E-state index contributed by atoms with van der Waals surface area (Å²) < 4.78 is 51.0. The van der Waals surface area contributed by atoms with Crippen LogP contribution in [0.1, 0.15) is 15.9 Å². The average molecular weight is 285 g/mol. The number of nitrogens with zero attached hydrogens (tertiary/aromatic N) is 2. The van der Waals surface area contributed by atoms with Gasteiger partial charge in [0.25, 0.3) is 5.91 Å². The highest BCUT2D eigenvalue weighted by molar-refractivity contribution is 6.03. The second kappa shape index (κ2) is 5.24. The van der Waals surface area contributed by atoms with Crippen LogP contribution in [-0.4, -0.2) is 15.9 Å². The van der Waals surface area contributed by atoms with Crippen molar-refractivity contribution in [3.63, 3.8) is 0 Å². The molecule has 2 aromatic rings. The van der Waals surface area contributed by atoms with Crippen LogP contribution in [0.25, 0.3) is 0 Å². The molecule has 104 valence electrons. The van der Waals surface area contributed by atoms with Crippen molar-refractivity contribution in [1.29, 1.82) is 0 Å². The number of amides is 1. The summed E-state index contributed by atoms with van der Waals surface area (Å²) in [6.07, 6.45) is -2.01. The third-order valence-corrected chi connectivity index (χ3v) is 2.33. The number of aromatic nitrogens is 2. The molecule has 1 aromatic carbocycles. The molecule has 0 fully saturated rings. The monoisotopic (exact) mass is 285 g/mol. The molecule has 2 rings (SSSR count). The largest absolute Gasteiger partial charge is 0.416 e. The van der Waals surface area contributed by atoms with Gasteiger partial charge in [-0.2, -0.15) is 13.2 Å². The van der Waals surface area contributed by atoms with E-state index in [9.17, 15) is 22.4 Å². The summed E-state index contributed by atoms with van der Waals surface area (Å²) >= 11 is 0. The lowest BCUT2D eigenvalue weighted by Crippen LogP contribution is -2.17. The van der Waals surface area contributed by atoms with Gasteiger partial charge in [0.1, 0.15) is 5.82 Å². The minimum absolute atomic E-state index is 0.130. The summed E-state index contributed by atoms with van der Waals surface area (Å²) in [4.78, 5) is 19.0. The first-order chi connectivity index (χ1) is 9.38. The second-order valence-electron chi connectivity index (χ2n) is 3.72. The van der Waals surface area contributed by atoms with E-state index >= 15 is 0 Å². The molecule has 8 heteroatoms. The van der Waals surface area contributed by atoms with Gasteiger partial charge < -0.3 is 0 Å². The number of rotatable bonds is 2. The zero-order chi connectivity index (χ0) is 14.8. The van der Waals surface area contributed by atoms with Crippen LogP contribution in [0.5, 0.6) is 0 Å². The topological polar surface area (TPSA) is 54.9 Å². The van der Waals surface area contributed by atoms with Crippen molar-refractivity contribution >= 4 is 11.9 Å². The Morgan fingerprint density at radius 2 is 1.80 bits per heavy atom. The normalized spacial score (nSPS) is 11.2. The molecule has 0 saturated heterocycles. The molecule has 0 spiro atoms. The third kappa shape index (κ3) is 3.08. The molecular formula is C12H7F4N3O. The summed E-state index contributed by atoms with van der Waals surface area (Å²) in [6.45, 7) is 0. The highest BCUT2D eigenvalue weighted by Crippen LogP contribution is 2.30. The number of benzene rings is 1. The minimum atomic E-state index is -4.66. The average Bonchev–Trinajstić information content (AvgIpc) is 2.39. The molecule has 0 bridgehead atoms. The van der Waals surface area contributed by atoms with Gasteiger partial charge >= 0.3 is 6.18 Å². The maximum atomic E-state index is 13.4. The Morgan fingerprint density at radius 1 is 1.15 bits per heavy atom. The van der Waals surface area contributed by atoms with E-state index in [4.69, 9.17) is 0 Å². The lowest BCUT2D eigenvalue weighted by Gasteiger charge is -2.09. The summed E-state index contributed by atoms with van der Waals surface area (Å²) in [5.41, 5.74) is -1.84. The second-order valence-corrected chi connectivity index (χ2v) is 3.72. The lowest BCUT2D eigenvalue weighted by molar-refractivity contribution is -0.137. The smallest absolute Gasteiger partial charge is 0.290 e. The Morgan fingerprint density at radius 3 is 2.40 bits per heavy atom. The molecule has 0 unspecified atom stereocenters. The van der Waals surface area contributed by atoms with E-state index in [0.717, 1.165) is 0 Å². The number of nitrogens with one attached hydrogen (secondary N) is 1. The number of hydrogen-bond acceptors (Lipinski definition) is 3. The Kier molecular flexibility index (Phi) is 3.64. The number of alkyl halides is 3. The van der Waals surface area contributed by atoms with Crippen molar-refractivity contribution < 1.29 is 22.4 Å². The van der Waals surface area contributed by atoms with Crippen molar-refractivity contribution in [1.82, 2.24) is 9.97 Å². The molecule has 4 nitrogen and oxygen atoms in total. The highest BCUT2D eigenvalue weighted by atomic mass is 19.4. The highest BCUT2D eigenvalue weighted by Gasteiger charge is 2.32. The third-order valence-electron chi connectivity index (χ3n) is 2.33. The molecule has 0 aliphatic heterocycles. The Bertz CT molecular complexity index is 628. The van der Waals surface area contributed by atoms with Crippen LogP contribution in [-0.2, 0) is 6.18 Å². The number of halogens is 4. The molecule has 1 heterocycles. The predicted octanol–water partition coefficient (Wildman–Crippen LogP) is 2.89. The maximum absolute atomic E-state index is 13.4. The number of hydrogen-bond donors (Lipinski definition) is 1. The van der Waals surface area contributed by atoms with Crippen LogP contribution in [0.2, 0.25) is 0 Å². The molecule has 1 aromatic heterocycles. The summed E-state index contributed by atoms with van der Waals surface area (Å²) in [7, 11) is 0. The van der Waals surface area contributed by atoms with Gasteiger partial charge in [0.15, 0.2) is 0 Å². The zero-order valence-corrected chi connectivity index (χ0v) is 9.78. The van der Waals surface area contributed by atoms with Gasteiger partial charge in [0.05, 0.1) is 11.1 Å². The van der Waals surface area contributed by atoms with Gasteiger partial charge in [-0.25, -0.2) is 14.4 Å². The first-order valence-corrected chi connectivity index (χ1v) is 5.33. The van der Waals surface area contributed by atoms with Crippen LogP contribution in [0.3, 0.4) is 0 Å². The molecule has 0 atom stereocenters. The van der Waals surface area contributed by atoms with E-state index in [0.29, 0.717) is 18.2 Å². The van der Waals surface area contributed by atoms with Gasteiger partial charge in [-0.05, 0) is 24.3 Å². The molecular weight excluding hydrogens is 278 g/mol. The van der Waals surface area contributed by atoms with Gasteiger partial charge in [0.2, 0.25) is 5.95 Å². The van der Waals surface area contributed by atoms with Crippen molar-refractivity contribution in [3.8, 4) is 0 Å². The van der Waals surface area contributed by atoms with Gasteiger partial charge in [-0.15, -0.1) is 0 Å². The molecule has 0 aliphatic rings. The van der Waals surface area contributed by atoms with Crippen LogP contribution in [0, 0.1) is 5.82 Å². The minimum Gasteiger partial charge on any atom is -0.290 e. The van der Waals surface area contributed by atoms with E-state index < -0.39 is 29.0 Å². The SMILES string of the molecule is O=C(Nc1ncccn1)c1cc(C(F)(F)F)ccc1F. The fraction of sp³-hybridized carbons (Fsp3) is 0.0833. The Balaban J connectivity index is 2.30. The van der Waals surface area contributed by atoms with Crippen molar-refractivity contribution in [2.75, 3.05) is 5.32 Å². The van der Waals surface area contributed by atoms with E-state index in [1.54, 1.807) is 0 Å². The Labute approximate surface area is 110 Å². The van der Waals surface area contributed by atoms with E-state index in [-0.39, 0.29) is 5.95 Å². The van der Waals surface area contributed by atoms with Gasteiger partial charge in [-0.1, -0.05) is 0 Å². The zero-order valence-electron chi connectivity index (χ0n) is 9.78. The van der Waals surface area contributed by atoms with Crippen LogP contribution in [0.4, 0.5) is 23.5 Å². The number of carbonyl (C=O) groups is 1. The van der Waals surface area contributed by atoms with E-state index in [2.05, 4.69) is 15.3 Å². The molecule has 0 radical (unpaired) electrons. The predicted molar refractivity (Wildman–Crippen MR) is 61.4 cm³/mol. The fourth-order valence-corrected chi connectivity index (χ4v) is 1.41. The standard InChI is InChI=1S/C12H7F4N3O/c13-9-3-2-7(12(14,15)16)6-8(9)10(20)19-11-17-4-1-5-18-11/h1-6H,(H,17,18,19,20). The summed E-state index contributed by atoms with van der Waals surface area (Å²) in [5.74, 6) is -2.25. The van der Waals surface area contributed by atoms with Gasteiger partial charge in [-0.3, -0.25) is 10.1 Å². The Hall–Kier alpha value is -2.51. The van der Waals surface area contributed by atoms with E-state index in [1.807, 2.05) is 0 Å². The van der Waals surface area contributed by atoms with E-state index in [1.165, 1.54) is 18.5 Å². The maximum Gasteiger partial charge on any atom is 0.416 e. The van der Waals surface area contributed by atoms with Crippen molar-refractivity contribution in [2.24, 2.45) is 0 Å². The molecule has 0 saturated carbocycles. The quantitative estimate of drug-likeness (QED) is 0.863. The summed E-state index contributed by atoms with van der Waals surface area (Å²) in [5, 5.41) is 2.11. The molecule has 0 aliphatic carbocycles. The lowest BCUT2D eigenvalue weighted by atomic mass is 10.1. The summed E-state index contributed by atoms with van der Waals surface area (Å²) in [6, 6.07) is 3.07. The van der Waals surface area contributed by atoms with Crippen LogP contribution in [0.15, 0.2) is 36.7 Å². The van der Waals surface area contributed by atoms with Crippen LogP contribution < -0.4 is 5.32 Å². The van der Waals surface area contributed by atoms with Crippen LogP contribution >= 0.6 is 0 Å². The van der Waals surface area contributed by atoms with Crippen molar-refractivity contribution in [3.05, 3.63) is 53.6 Å². The molecule has 1 N–H and O–H groups in total. The first kappa shape index (κ1) is 13.9. The number of anilines is 1.